The van der Waals surface area contributed by atoms with Crippen LogP contribution in [-0.2, 0) is 6.42 Å². The Bertz CT molecular complexity index is 753. The quantitative estimate of drug-likeness (QED) is 0.895. The van der Waals surface area contributed by atoms with E-state index >= 15 is 0 Å². The maximum atomic E-state index is 13.3. The van der Waals surface area contributed by atoms with Crippen molar-refractivity contribution in [2.45, 2.75) is 38.0 Å². The molecule has 5 nitrogen and oxygen atoms in total. The number of amides is 2. The number of anilines is 1. The monoisotopic (exact) mass is 360 g/mol. The molecule has 25 heavy (non-hydrogen) atoms. The lowest BCUT2D eigenvalue weighted by Crippen LogP contribution is -2.41. The van der Waals surface area contributed by atoms with Gasteiger partial charge in [-0.25, -0.2) is 9.18 Å². The molecule has 0 bridgehead atoms. The first-order valence-corrected chi connectivity index (χ1v) is 9.63. The summed E-state index contributed by atoms with van der Waals surface area (Å²) < 4.78 is 13.3. The number of nitrogens with one attached hydrogen (secondary N) is 1. The molecule has 1 aliphatic heterocycles. The van der Waals surface area contributed by atoms with Gasteiger partial charge in [-0.15, -0.1) is 10.2 Å². The SMILES string of the molecule is O=C(Nc1nnc(C2CC2)s1)N1CCC(Cc2cccc(F)c2)CC1. The molecule has 2 heterocycles. The zero-order chi connectivity index (χ0) is 17.2. The maximum absolute atomic E-state index is 13.3. The van der Waals surface area contributed by atoms with E-state index in [1.807, 2.05) is 11.0 Å². The molecule has 0 radical (unpaired) electrons. The molecular formula is C18H21FN4OS. The Balaban J connectivity index is 1.26. The number of rotatable bonds is 4. The van der Waals surface area contributed by atoms with Crippen molar-refractivity contribution in [3.63, 3.8) is 0 Å². The molecule has 2 aliphatic rings. The molecule has 2 amide bonds. The van der Waals surface area contributed by atoms with Gasteiger partial charge in [-0.3, -0.25) is 5.32 Å². The highest BCUT2D eigenvalue weighted by molar-refractivity contribution is 7.15. The van der Waals surface area contributed by atoms with Crippen LogP contribution in [0.4, 0.5) is 14.3 Å². The Morgan fingerprint density at radius 3 is 2.76 bits per heavy atom. The highest BCUT2D eigenvalue weighted by atomic mass is 32.1. The number of aromatic nitrogens is 2. The molecule has 0 atom stereocenters. The second-order valence-corrected chi connectivity index (χ2v) is 7.92. The molecule has 4 rings (SSSR count). The van der Waals surface area contributed by atoms with Gasteiger partial charge in [-0.05, 0) is 55.7 Å². The van der Waals surface area contributed by atoms with Gasteiger partial charge in [0.2, 0.25) is 5.13 Å². The Morgan fingerprint density at radius 2 is 2.04 bits per heavy atom. The first-order chi connectivity index (χ1) is 12.2. The van der Waals surface area contributed by atoms with E-state index < -0.39 is 0 Å². The van der Waals surface area contributed by atoms with E-state index in [9.17, 15) is 9.18 Å². The molecule has 132 valence electrons. The van der Waals surface area contributed by atoms with Crippen molar-refractivity contribution >= 4 is 22.5 Å². The molecule has 1 N–H and O–H groups in total. The number of benzene rings is 1. The molecule has 2 fully saturated rings. The van der Waals surface area contributed by atoms with Gasteiger partial charge in [0.15, 0.2) is 0 Å². The summed E-state index contributed by atoms with van der Waals surface area (Å²) in [7, 11) is 0. The van der Waals surface area contributed by atoms with E-state index in [-0.39, 0.29) is 11.8 Å². The van der Waals surface area contributed by atoms with E-state index in [0.717, 1.165) is 42.9 Å². The maximum Gasteiger partial charge on any atom is 0.323 e. The van der Waals surface area contributed by atoms with Crippen LogP contribution in [0.5, 0.6) is 0 Å². The molecule has 0 unspecified atom stereocenters. The first-order valence-electron chi connectivity index (χ1n) is 8.81. The molecule has 1 aliphatic carbocycles. The lowest BCUT2D eigenvalue weighted by Gasteiger charge is -2.31. The minimum absolute atomic E-state index is 0.0947. The molecular weight excluding hydrogens is 339 g/mol. The molecule has 1 saturated heterocycles. The van der Waals surface area contributed by atoms with Crippen molar-refractivity contribution in [2.24, 2.45) is 5.92 Å². The van der Waals surface area contributed by atoms with E-state index in [4.69, 9.17) is 0 Å². The van der Waals surface area contributed by atoms with Crippen LogP contribution in [0.2, 0.25) is 0 Å². The van der Waals surface area contributed by atoms with Crippen LogP contribution in [0.1, 0.15) is 42.2 Å². The highest BCUT2D eigenvalue weighted by Gasteiger charge is 2.28. The second kappa shape index (κ2) is 7.07. The second-order valence-electron chi connectivity index (χ2n) is 6.91. The van der Waals surface area contributed by atoms with E-state index in [1.54, 1.807) is 12.1 Å². The Morgan fingerprint density at radius 1 is 1.24 bits per heavy atom. The zero-order valence-corrected chi connectivity index (χ0v) is 14.8. The third kappa shape index (κ3) is 4.15. The van der Waals surface area contributed by atoms with Crippen LogP contribution < -0.4 is 5.32 Å². The summed E-state index contributed by atoms with van der Waals surface area (Å²) in [6.07, 6.45) is 5.11. The summed E-state index contributed by atoms with van der Waals surface area (Å²) in [6, 6.07) is 6.70. The summed E-state index contributed by atoms with van der Waals surface area (Å²) in [4.78, 5) is 14.2. The minimum Gasteiger partial charge on any atom is -0.324 e. The van der Waals surface area contributed by atoms with Gasteiger partial charge in [0.25, 0.3) is 0 Å². The van der Waals surface area contributed by atoms with E-state index in [2.05, 4.69) is 15.5 Å². The highest BCUT2D eigenvalue weighted by Crippen LogP contribution is 2.42. The topological polar surface area (TPSA) is 58.1 Å². The van der Waals surface area contributed by atoms with Gasteiger partial charge < -0.3 is 4.90 Å². The summed E-state index contributed by atoms with van der Waals surface area (Å²) in [5.41, 5.74) is 1.03. The van der Waals surface area contributed by atoms with Gasteiger partial charge in [0, 0.05) is 19.0 Å². The smallest absolute Gasteiger partial charge is 0.323 e. The van der Waals surface area contributed by atoms with Crippen LogP contribution in [0.15, 0.2) is 24.3 Å². The van der Waals surface area contributed by atoms with Gasteiger partial charge in [0.1, 0.15) is 10.8 Å². The molecule has 0 spiro atoms. The molecule has 2 aromatic rings. The van der Waals surface area contributed by atoms with Crippen molar-refractivity contribution in [2.75, 3.05) is 18.4 Å². The van der Waals surface area contributed by atoms with Crippen molar-refractivity contribution in [1.29, 1.82) is 0 Å². The number of halogens is 1. The Kier molecular flexibility index (Phi) is 4.65. The predicted molar refractivity (Wildman–Crippen MR) is 95.3 cm³/mol. The number of hydrogen-bond acceptors (Lipinski definition) is 4. The number of carbonyl (C=O) groups is 1. The largest absolute Gasteiger partial charge is 0.324 e. The number of carbonyl (C=O) groups excluding carboxylic acids is 1. The molecule has 1 saturated carbocycles. The van der Waals surface area contributed by atoms with Gasteiger partial charge in [-0.1, -0.05) is 23.5 Å². The summed E-state index contributed by atoms with van der Waals surface area (Å²) in [5.74, 6) is 0.868. The molecule has 7 heteroatoms. The van der Waals surface area contributed by atoms with Crippen LogP contribution in [0.25, 0.3) is 0 Å². The standard InChI is InChI=1S/C18H21FN4OS/c19-15-3-1-2-13(11-15)10-12-6-8-23(9-7-12)18(24)20-17-22-21-16(25-17)14-4-5-14/h1-3,11-12,14H,4-10H2,(H,20,22,24). The average molecular weight is 360 g/mol. The fourth-order valence-corrected chi connectivity index (χ4v) is 4.19. The van der Waals surface area contributed by atoms with Gasteiger partial charge in [0.05, 0.1) is 0 Å². The molecule has 1 aromatic carbocycles. The fourth-order valence-electron chi connectivity index (χ4n) is 3.29. The van der Waals surface area contributed by atoms with Gasteiger partial charge in [-0.2, -0.15) is 0 Å². The summed E-state index contributed by atoms with van der Waals surface area (Å²) in [5, 5.41) is 12.7. The van der Waals surface area contributed by atoms with Crippen molar-refractivity contribution in [3.05, 3.63) is 40.7 Å². The normalized spacial score (nSPS) is 18.4. The number of likely N-dealkylation sites (tertiary alicyclic amines) is 1. The van der Waals surface area contributed by atoms with Crippen molar-refractivity contribution in [1.82, 2.24) is 15.1 Å². The minimum atomic E-state index is -0.183. The first kappa shape index (κ1) is 16.4. The number of hydrogen-bond donors (Lipinski definition) is 1. The summed E-state index contributed by atoms with van der Waals surface area (Å²) >= 11 is 1.48. The van der Waals surface area contributed by atoms with Crippen LogP contribution in [0, 0.1) is 11.7 Å². The molecule has 1 aromatic heterocycles. The average Bonchev–Trinajstić information content (AvgIpc) is 3.35. The zero-order valence-electron chi connectivity index (χ0n) is 13.9. The van der Waals surface area contributed by atoms with Crippen molar-refractivity contribution < 1.29 is 9.18 Å². The Hall–Kier alpha value is -2.02. The number of piperidine rings is 1. The summed E-state index contributed by atoms with van der Waals surface area (Å²) in [6.45, 7) is 1.44. The third-order valence-corrected chi connectivity index (χ3v) is 5.90. The van der Waals surface area contributed by atoms with E-state index in [0.29, 0.717) is 17.0 Å². The van der Waals surface area contributed by atoms with E-state index in [1.165, 1.54) is 30.2 Å². The fraction of sp³-hybridized carbons (Fsp3) is 0.500. The predicted octanol–water partition coefficient (Wildman–Crippen LogP) is 4.04. The Labute approximate surface area is 150 Å². The number of nitrogens with zero attached hydrogens (tertiary/aromatic N) is 3. The number of urea groups is 1. The van der Waals surface area contributed by atoms with Gasteiger partial charge >= 0.3 is 6.03 Å². The van der Waals surface area contributed by atoms with Crippen LogP contribution in [-0.4, -0.2) is 34.2 Å². The lowest BCUT2D eigenvalue weighted by molar-refractivity contribution is 0.182. The van der Waals surface area contributed by atoms with Crippen LogP contribution in [0.3, 0.4) is 0 Å². The third-order valence-electron chi connectivity index (χ3n) is 4.90. The van der Waals surface area contributed by atoms with Crippen molar-refractivity contribution in [3.8, 4) is 0 Å². The van der Waals surface area contributed by atoms with Crippen LogP contribution >= 0.6 is 11.3 Å². The lowest BCUT2D eigenvalue weighted by atomic mass is 9.90.